The molecule has 57 heavy (non-hydrogen) atoms. The van der Waals surface area contributed by atoms with E-state index in [0.29, 0.717) is 18.4 Å². The number of likely N-dealkylation sites (N-methyl/N-ethyl adjacent to an activating group) is 3. The molecule has 0 bridgehead atoms. The highest BCUT2D eigenvalue weighted by Gasteiger charge is 2.40. The molecule has 6 atom stereocenters. The molecule has 2 amide bonds. The molecule has 0 aromatic heterocycles. The van der Waals surface area contributed by atoms with E-state index in [4.69, 9.17) is 9.47 Å². The number of hydrogen-bond acceptors (Lipinski definition) is 9. The van der Waals surface area contributed by atoms with Crippen molar-refractivity contribution >= 4 is 29.5 Å². The maximum absolute atomic E-state index is 14.6. The van der Waals surface area contributed by atoms with Gasteiger partial charge in [0.2, 0.25) is 11.8 Å². The third-order valence-electron chi connectivity index (χ3n) is 11.0. The minimum Gasteiger partial charge on any atom is -0.508 e. The quantitative estimate of drug-likeness (QED) is 0.137. The van der Waals surface area contributed by atoms with E-state index in [9.17, 15) is 29.1 Å². The van der Waals surface area contributed by atoms with E-state index in [2.05, 4.69) is 0 Å². The fourth-order valence-electron chi connectivity index (χ4n) is 6.79. The monoisotopic (exact) mass is 785 g/mol. The van der Waals surface area contributed by atoms with Gasteiger partial charge in [-0.05, 0) is 75.5 Å². The highest BCUT2D eigenvalue weighted by molar-refractivity contribution is 5.94. The first-order valence-electron chi connectivity index (χ1n) is 19.8. The minimum atomic E-state index is -1.08. The molecule has 11 heteroatoms. The van der Waals surface area contributed by atoms with Gasteiger partial charge >= 0.3 is 11.9 Å². The molecule has 0 aliphatic carbocycles. The first-order valence-corrected chi connectivity index (χ1v) is 19.8. The number of aromatic hydroxyl groups is 1. The van der Waals surface area contributed by atoms with Crippen molar-refractivity contribution in [3.05, 3.63) is 101 Å². The van der Waals surface area contributed by atoms with Crippen molar-refractivity contribution in [3.63, 3.8) is 0 Å². The van der Waals surface area contributed by atoms with Crippen LogP contribution in [0.3, 0.4) is 0 Å². The van der Waals surface area contributed by atoms with Gasteiger partial charge in [-0.15, -0.1) is 0 Å². The van der Waals surface area contributed by atoms with Gasteiger partial charge in [0.1, 0.15) is 23.9 Å². The molecule has 310 valence electrons. The number of rotatable bonds is 20. The van der Waals surface area contributed by atoms with Crippen LogP contribution in [0.25, 0.3) is 0 Å². The summed E-state index contributed by atoms with van der Waals surface area (Å²) in [6.45, 7) is 11.4. The lowest BCUT2D eigenvalue weighted by Gasteiger charge is -2.36. The third-order valence-corrected chi connectivity index (χ3v) is 11.0. The largest absolute Gasteiger partial charge is 0.508 e. The standard InChI is InChI=1S/C46H63N3O8/c1-12-32(6)42(57-46(55)39(47(7)8)26-33-17-13-30(4)14-18-33)41(51)28-37(29(2)3)43(52)48(9)38(25-35-21-23-36(50)24-22-35)44(53)49(10)40(45(54)56-11)27-34-19-15-31(5)16-20-34/h13-24,29,32,37-40,42,50H,12,25-28H2,1-11H3/t32-,37+,38-,39-,40-,42-/m1/s1. The Hall–Kier alpha value is -5.03. The molecule has 0 aliphatic heterocycles. The number of carbonyl (C=O) groups excluding carboxylic acids is 5. The second-order valence-electron chi connectivity index (χ2n) is 15.9. The summed E-state index contributed by atoms with van der Waals surface area (Å²) in [5, 5.41) is 9.95. The van der Waals surface area contributed by atoms with E-state index < -0.39 is 53.9 Å². The Balaban J connectivity index is 1.93. The number of phenolic OH excluding ortho intramolecular Hbond substituents is 1. The van der Waals surface area contributed by atoms with E-state index in [0.717, 1.165) is 22.3 Å². The predicted octanol–water partition coefficient (Wildman–Crippen LogP) is 5.98. The number of benzene rings is 3. The van der Waals surface area contributed by atoms with Crippen LogP contribution in [-0.4, -0.2) is 109 Å². The Labute approximate surface area is 339 Å². The van der Waals surface area contributed by atoms with E-state index in [1.54, 1.807) is 31.1 Å². The highest BCUT2D eigenvalue weighted by atomic mass is 16.5. The van der Waals surface area contributed by atoms with E-state index >= 15 is 0 Å². The van der Waals surface area contributed by atoms with Crippen molar-refractivity contribution in [3.8, 4) is 5.75 Å². The van der Waals surface area contributed by atoms with Gasteiger partial charge in [0.15, 0.2) is 11.9 Å². The summed E-state index contributed by atoms with van der Waals surface area (Å²) in [5.41, 5.74) is 4.63. The molecule has 0 spiro atoms. The second kappa shape index (κ2) is 21.5. The van der Waals surface area contributed by atoms with Crippen LogP contribution in [0.1, 0.15) is 68.4 Å². The van der Waals surface area contributed by atoms with Crippen LogP contribution in [0.4, 0.5) is 0 Å². The van der Waals surface area contributed by atoms with Gasteiger partial charge in [-0.3, -0.25) is 24.1 Å². The average molecular weight is 786 g/mol. The molecule has 3 aromatic carbocycles. The molecule has 0 unspecified atom stereocenters. The number of hydrogen-bond donors (Lipinski definition) is 1. The molecule has 1 N–H and O–H groups in total. The molecule has 0 saturated heterocycles. The van der Waals surface area contributed by atoms with Gasteiger partial charge in [-0.1, -0.05) is 99.5 Å². The molecule has 11 nitrogen and oxygen atoms in total. The summed E-state index contributed by atoms with van der Waals surface area (Å²) < 4.78 is 11.2. The summed E-state index contributed by atoms with van der Waals surface area (Å²) in [6, 6.07) is 19.2. The van der Waals surface area contributed by atoms with Gasteiger partial charge in [-0.25, -0.2) is 4.79 Å². The fourth-order valence-corrected chi connectivity index (χ4v) is 6.79. The van der Waals surface area contributed by atoms with Crippen LogP contribution in [0.15, 0.2) is 72.8 Å². The van der Waals surface area contributed by atoms with Gasteiger partial charge < -0.3 is 24.4 Å². The highest BCUT2D eigenvalue weighted by Crippen LogP contribution is 2.26. The minimum absolute atomic E-state index is 0.0500. The van der Waals surface area contributed by atoms with Crippen molar-refractivity contribution in [2.75, 3.05) is 35.3 Å². The number of nitrogens with zero attached hydrogens (tertiary/aromatic N) is 3. The zero-order valence-electron chi connectivity index (χ0n) is 35.7. The van der Waals surface area contributed by atoms with E-state index in [-0.39, 0.29) is 42.6 Å². The predicted molar refractivity (Wildman–Crippen MR) is 221 cm³/mol. The third kappa shape index (κ3) is 13.0. The van der Waals surface area contributed by atoms with E-state index in [1.807, 2.05) is 90.1 Å². The molecule has 0 fully saturated rings. The van der Waals surface area contributed by atoms with Crippen molar-refractivity contribution < 1.29 is 38.6 Å². The lowest BCUT2D eigenvalue weighted by molar-refractivity contribution is -0.163. The smallest absolute Gasteiger partial charge is 0.328 e. The normalized spacial score (nSPS) is 14.5. The number of ketones is 1. The summed E-state index contributed by atoms with van der Waals surface area (Å²) >= 11 is 0. The maximum atomic E-state index is 14.6. The lowest BCUT2D eigenvalue weighted by atomic mass is 9.85. The topological polar surface area (TPSA) is 134 Å². The summed E-state index contributed by atoms with van der Waals surface area (Å²) in [7, 11) is 7.92. The van der Waals surface area contributed by atoms with Crippen LogP contribution in [0.2, 0.25) is 0 Å². The first kappa shape index (κ1) is 46.4. The van der Waals surface area contributed by atoms with Crippen LogP contribution in [0.5, 0.6) is 5.75 Å². The van der Waals surface area contributed by atoms with Crippen molar-refractivity contribution in [2.45, 2.75) is 97.9 Å². The number of esters is 2. The van der Waals surface area contributed by atoms with Crippen molar-refractivity contribution in [1.82, 2.24) is 14.7 Å². The number of Topliss-reactive ketones (excluding diaryl/α,β-unsaturated/α-hetero) is 1. The SMILES string of the molecule is CC[C@@H](C)[C@@H](OC(=O)[C@@H](Cc1ccc(C)cc1)N(C)C)C(=O)C[C@H](C(=O)N(C)[C@H](Cc1ccc(O)cc1)C(=O)N(C)[C@H](Cc1ccc(C)cc1)C(=O)OC)C(C)C. The van der Waals surface area contributed by atoms with Gasteiger partial charge in [0.05, 0.1) is 7.11 Å². The number of phenols is 1. The van der Waals surface area contributed by atoms with Crippen LogP contribution in [0, 0.1) is 31.6 Å². The Morgan fingerprint density at radius 2 is 1.07 bits per heavy atom. The number of methoxy groups -OCH3 is 1. The van der Waals surface area contributed by atoms with Gasteiger partial charge in [0, 0.05) is 45.2 Å². The first-order chi connectivity index (χ1) is 26.9. The molecular weight excluding hydrogens is 723 g/mol. The summed E-state index contributed by atoms with van der Waals surface area (Å²) in [6.07, 6.45) is -0.0562. The fraction of sp³-hybridized carbons (Fsp3) is 0.500. The van der Waals surface area contributed by atoms with Gasteiger partial charge in [-0.2, -0.15) is 0 Å². The molecule has 0 saturated carbocycles. The number of carbonyl (C=O) groups is 5. The molecule has 0 radical (unpaired) electrons. The Morgan fingerprint density at radius 1 is 0.632 bits per heavy atom. The molecule has 3 aromatic rings. The maximum Gasteiger partial charge on any atom is 0.328 e. The Kier molecular flexibility index (Phi) is 17.5. The summed E-state index contributed by atoms with van der Waals surface area (Å²) in [4.78, 5) is 74.7. The van der Waals surface area contributed by atoms with E-state index in [1.165, 1.54) is 43.1 Å². The zero-order chi connectivity index (χ0) is 42.6. The van der Waals surface area contributed by atoms with Crippen LogP contribution >= 0.6 is 0 Å². The zero-order valence-corrected chi connectivity index (χ0v) is 35.7. The van der Waals surface area contributed by atoms with Crippen molar-refractivity contribution in [1.29, 1.82) is 0 Å². The number of amides is 2. The molecule has 0 heterocycles. The van der Waals surface area contributed by atoms with Crippen molar-refractivity contribution in [2.24, 2.45) is 17.8 Å². The molecule has 3 rings (SSSR count). The number of ether oxygens (including phenoxy) is 2. The molecular formula is C46H63N3O8. The lowest BCUT2D eigenvalue weighted by Crippen LogP contribution is -2.55. The molecule has 0 aliphatic rings. The average Bonchev–Trinajstić information content (AvgIpc) is 3.19. The Morgan fingerprint density at radius 3 is 1.51 bits per heavy atom. The Bertz CT molecular complexity index is 1790. The second-order valence-corrected chi connectivity index (χ2v) is 15.9. The summed E-state index contributed by atoms with van der Waals surface area (Å²) in [5.74, 6) is -3.85. The van der Waals surface area contributed by atoms with Crippen LogP contribution in [-0.2, 0) is 52.7 Å². The number of aryl methyl sites for hydroxylation is 2. The van der Waals surface area contributed by atoms with Crippen LogP contribution < -0.4 is 0 Å². The van der Waals surface area contributed by atoms with Gasteiger partial charge in [0.25, 0.3) is 0 Å².